The van der Waals surface area contributed by atoms with Gasteiger partial charge >= 0.3 is 17.9 Å². The van der Waals surface area contributed by atoms with Gasteiger partial charge in [0.05, 0.1) is 5.56 Å². The zero-order valence-electron chi connectivity index (χ0n) is 29.1. The number of nitrogens with zero attached hydrogens (tertiary/aromatic N) is 1. The Kier molecular flexibility index (Phi) is 16.1. The lowest BCUT2D eigenvalue weighted by molar-refractivity contribution is -0.199. The highest BCUT2D eigenvalue weighted by atomic mass is 16.7. The average molecular weight is 659 g/mol. The summed E-state index contributed by atoms with van der Waals surface area (Å²) in [5.74, 6) is -3.42. The normalized spacial score (nSPS) is 14.1. The van der Waals surface area contributed by atoms with E-state index in [2.05, 4.69) is 5.32 Å². The first-order valence-corrected chi connectivity index (χ1v) is 16.9. The largest absolute Gasteiger partial charge is 0.460 e. The standard InChI is InChI=1S/C36H54N2O9/c1-35(2,3)45-32(42)24-21-28(34(44)47-38-30(40)22-23-31(38)41)37-29(39)20-15-13-11-9-7-8-10-12-14-17-26-18-16-19-27(25-26)33(43)46-36(4,5)6/h16,18-19,25,28H,7-15,17,20-24H2,1-6H3,(H,37,39)/t28-/m0/s1. The molecule has 2 rings (SSSR count). The Labute approximate surface area is 279 Å². The first-order chi connectivity index (χ1) is 22.0. The maximum absolute atomic E-state index is 12.8. The second kappa shape index (κ2) is 19.2. The van der Waals surface area contributed by atoms with Gasteiger partial charge in [0.2, 0.25) is 5.91 Å². The fourth-order valence-corrected chi connectivity index (χ4v) is 5.02. The van der Waals surface area contributed by atoms with Crippen LogP contribution < -0.4 is 5.32 Å². The molecule has 0 bridgehead atoms. The quantitative estimate of drug-likeness (QED) is 0.103. The van der Waals surface area contributed by atoms with E-state index in [1.165, 1.54) is 0 Å². The molecular formula is C36H54N2O9. The molecule has 47 heavy (non-hydrogen) atoms. The van der Waals surface area contributed by atoms with Crippen LogP contribution in [-0.4, -0.2) is 57.9 Å². The van der Waals surface area contributed by atoms with Crippen molar-refractivity contribution in [2.75, 3.05) is 0 Å². The van der Waals surface area contributed by atoms with E-state index in [1.807, 2.05) is 39.0 Å². The fourth-order valence-electron chi connectivity index (χ4n) is 5.02. The Balaban J connectivity index is 1.63. The summed E-state index contributed by atoms with van der Waals surface area (Å²) in [7, 11) is 0. The number of benzene rings is 1. The van der Waals surface area contributed by atoms with E-state index >= 15 is 0 Å². The molecule has 0 unspecified atom stereocenters. The second-order valence-corrected chi connectivity index (χ2v) is 14.1. The zero-order valence-corrected chi connectivity index (χ0v) is 29.1. The topological polar surface area (TPSA) is 145 Å². The number of esters is 2. The molecule has 11 heteroatoms. The summed E-state index contributed by atoms with van der Waals surface area (Å²) in [5, 5.41) is 3.04. The Hall–Kier alpha value is -3.76. The van der Waals surface area contributed by atoms with Gasteiger partial charge in [-0.1, -0.05) is 57.1 Å². The molecule has 0 spiro atoms. The summed E-state index contributed by atoms with van der Waals surface area (Å²) in [6.45, 7) is 10.8. The predicted molar refractivity (Wildman–Crippen MR) is 176 cm³/mol. The molecule has 0 radical (unpaired) electrons. The van der Waals surface area contributed by atoms with Crippen LogP contribution in [0.2, 0.25) is 0 Å². The maximum atomic E-state index is 12.8. The monoisotopic (exact) mass is 658 g/mol. The summed E-state index contributed by atoms with van der Waals surface area (Å²) >= 11 is 0. The average Bonchev–Trinajstić information content (AvgIpc) is 3.28. The zero-order chi connectivity index (χ0) is 35.0. The molecule has 3 amide bonds. The van der Waals surface area contributed by atoms with Crippen LogP contribution in [0.25, 0.3) is 0 Å². The molecule has 1 aromatic rings. The van der Waals surface area contributed by atoms with E-state index in [-0.39, 0.29) is 44.0 Å². The minimum Gasteiger partial charge on any atom is -0.460 e. The summed E-state index contributed by atoms with van der Waals surface area (Å²) in [5.41, 5.74) is 0.503. The number of imide groups is 1. The highest BCUT2D eigenvalue weighted by molar-refractivity contribution is 6.02. The molecule has 1 aromatic carbocycles. The Morgan fingerprint density at radius 1 is 0.766 bits per heavy atom. The minimum atomic E-state index is -1.20. The number of hydroxylamine groups is 2. The van der Waals surface area contributed by atoms with Crippen molar-refractivity contribution in [3.05, 3.63) is 35.4 Å². The third-order valence-electron chi connectivity index (χ3n) is 7.29. The van der Waals surface area contributed by atoms with Gasteiger partial charge in [0, 0.05) is 25.7 Å². The fraction of sp³-hybridized carbons (Fsp3) is 0.667. The molecule has 1 aliphatic heterocycles. The van der Waals surface area contributed by atoms with Crippen LogP contribution in [0.4, 0.5) is 0 Å². The summed E-state index contributed by atoms with van der Waals surface area (Å²) in [6, 6.07) is 6.45. The molecule has 262 valence electrons. The highest BCUT2D eigenvalue weighted by Crippen LogP contribution is 2.18. The molecular weight excluding hydrogens is 604 g/mol. The Morgan fingerprint density at radius 2 is 1.32 bits per heavy atom. The van der Waals surface area contributed by atoms with Gasteiger partial charge in [-0.15, -0.1) is 5.06 Å². The third-order valence-corrected chi connectivity index (χ3v) is 7.29. The van der Waals surface area contributed by atoms with Gasteiger partial charge < -0.3 is 19.6 Å². The maximum Gasteiger partial charge on any atom is 0.355 e. The van der Waals surface area contributed by atoms with Crippen molar-refractivity contribution >= 4 is 35.6 Å². The summed E-state index contributed by atoms with van der Waals surface area (Å²) in [6.07, 6.45) is 9.95. The number of rotatable bonds is 19. The number of aryl methyl sites for hydroxylation is 1. The van der Waals surface area contributed by atoms with Gasteiger partial charge in [0.15, 0.2) is 0 Å². The van der Waals surface area contributed by atoms with Crippen molar-refractivity contribution in [1.29, 1.82) is 0 Å². The molecule has 1 atom stereocenters. The lowest BCUT2D eigenvalue weighted by Crippen LogP contribution is -2.45. The lowest BCUT2D eigenvalue weighted by Gasteiger charge is -2.22. The number of ether oxygens (including phenoxy) is 2. The minimum absolute atomic E-state index is 0.0469. The first-order valence-electron chi connectivity index (χ1n) is 16.9. The van der Waals surface area contributed by atoms with Crippen LogP contribution in [0.1, 0.15) is 147 Å². The van der Waals surface area contributed by atoms with Crippen molar-refractivity contribution in [3.63, 3.8) is 0 Å². The number of carbonyl (C=O) groups excluding carboxylic acids is 6. The number of unbranched alkanes of at least 4 members (excludes halogenated alkanes) is 8. The first kappa shape index (κ1) is 39.4. The van der Waals surface area contributed by atoms with Gasteiger partial charge in [-0.3, -0.25) is 19.2 Å². The van der Waals surface area contributed by atoms with E-state index in [0.717, 1.165) is 63.4 Å². The predicted octanol–water partition coefficient (Wildman–Crippen LogP) is 6.30. The van der Waals surface area contributed by atoms with Crippen molar-refractivity contribution in [2.24, 2.45) is 0 Å². The third kappa shape index (κ3) is 16.6. The van der Waals surface area contributed by atoms with E-state index < -0.39 is 41.0 Å². The Morgan fingerprint density at radius 3 is 1.89 bits per heavy atom. The van der Waals surface area contributed by atoms with Crippen LogP contribution in [0.5, 0.6) is 0 Å². The molecule has 1 saturated heterocycles. The molecule has 1 heterocycles. The van der Waals surface area contributed by atoms with E-state index in [0.29, 0.717) is 17.0 Å². The van der Waals surface area contributed by atoms with Gasteiger partial charge in [-0.05, 0) is 84.9 Å². The molecule has 11 nitrogen and oxygen atoms in total. The molecule has 1 N–H and O–H groups in total. The Bertz CT molecular complexity index is 1210. The second-order valence-electron chi connectivity index (χ2n) is 14.1. The number of hydrogen-bond acceptors (Lipinski definition) is 9. The van der Waals surface area contributed by atoms with Gasteiger partial charge in [0.25, 0.3) is 11.8 Å². The van der Waals surface area contributed by atoms with E-state index in [4.69, 9.17) is 14.3 Å². The number of carbonyl (C=O) groups is 6. The molecule has 1 aliphatic rings. The molecule has 0 saturated carbocycles. The van der Waals surface area contributed by atoms with Gasteiger partial charge in [-0.25, -0.2) is 9.59 Å². The van der Waals surface area contributed by atoms with E-state index in [9.17, 15) is 28.8 Å². The van der Waals surface area contributed by atoms with Crippen LogP contribution in [0.3, 0.4) is 0 Å². The van der Waals surface area contributed by atoms with Crippen LogP contribution in [0.15, 0.2) is 24.3 Å². The van der Waals surface area contributed by atoms with Crippen LogP contribution in [-0.2, 0) is 44.7 Å². The van der Waals surface area contributed by atoms with Gasteiger partial charge in [-0.2, -0.15) is 0 Å². The molecule has 0 aliphatic carbocycles. The summed E-state index contributed by atoms with van der Waals surface area (Å²) < 4.78 is 10.7. The van der Waals surface area contributed by atoms with Crippen molar-refractivity contribution in [3.8, 4) is 0 Å². The smallest absolute Gasteiger partial charge is 0.355 e. The molecule has 1 fully saturated rings. The van der Waals surface area contributed by atoms with Crippen LogP contribution in [0, 0.1) is 0 Å². The van der Waals surface area contributed by atoms with Crippen molar-refractivity contribution in [2.45, 2.75) is 155 Å². The number of amides is 3. The van der Waals surface area contributed by atoms with Crippen molar-refractivity contribution < 1.29 is 43.1 Å². The van der Waals surface area contributed by atoms with E-state index in [1.54, 1.807) is 26.8 Å². The summed E-state index contributed by atoms with van der Waals surface area (Å²) in [4.78, 5) is 78.7. The number of hydrogen-bond donors (Lipinski definition) is 1. The number of nitrogens with one attached hydrogen (secondary N) is 1. The highest BCUT2D eigenvalue weighted by Gasteiger charge is 2.35. The van der Waals surface area contributed by atoms with Crippen LogP contribution >= 0.6 is 0 Å². The lowest BCUT2D eigenvalue weighted by atomic mass is 10.0. The van der Waals surface area contributed by atoms with Gasteiger partial charge in [0.1, 0.15) is 17.2 Å². The SMILES string of the molecule is CC(C)(C)OC(=O)CC[C@H](NC(=O)CCCCCCCCCCCc1cccc(C(=O)OC(C)(C)C)c1)C(=O)ON1C(=O)CCC1=O. The van der Waals surface area contributed by atoms with Crippen molar-refractivity contribution in [1.82, 2.24) is 10.4 Å². The molecule has 0 aromatic heterocycles.